The summed E-state index contributed by atoms with van der Waals surface area (Å²) in [5.41, 5.74) is 1.30. The molecule has 0 N–H and O–H groups in total. The average Bonchev–Trinajstić information content (AvgIpc) is 3.14. The summed E-state index contributed by atoms with van der Waals surface area (Å²) in [6.45, 7) is -0.0936. The SMILES string of the molecule is O=C(/C=C/c1cnn(Cc2ccccc2)c1)OCC(=O)c1cc(F)ccc1F. The van der Waals surface area contributed by atoms with E-state index >= 15 is 0 Å². The van der Waals surface area contributed by atoms with Crippen molar-refractivity contribution in [3.8, 4) is 0 Å². The first-order chi connectivity index (χ1) is 13.5. The normalized spacial score (nSPS) is 10.9. The average molecular weight is 382 g/mol. The fourth-order valence-electron chi connectivity index (χ4n) is 2.46. The molecule has 3 aromatic rings. The Hall–Kier alpha value is -3.61. The van der Waals surface area contributed by atoms with Crippen LogP contribution in [-0.2, 0) is 16.1 Å². The summed E-state index contributed by atoms with van der Waals surface area (Å²) < 4.78 is 33.1. The van der Waals surface area contributed by atoms with E-state index in [1.165, 1.54) is 6.08 Å². The number of aromatic nitrogens is 2. The van der Waals surface area contributed by atoms with Crippen LogP contribution in [0.15, 0.2) is 67.0 Å². The van der Waals surface area contributed by atoms with Gasteiger partial charge in [-0.05, 0) is 29.8 Å². The van der Waals surface area contributed by atoms with E-state index in [-0.39, 0.29) is 0 Å². The van der Waals surface area contributed by atoms with Crippen molar-refractivity contribution in [3.63, 3.8) is 0 Å². The zero-order valence-electron chi connectivity index (χ0n) is 14.7. The molecule has 0 radical (unpaired) electrons. The molecule has 0 fully saturated rings. The van der Waals surface area contributed by atoms with Crippen LogP contribution in [0, 0.1) is 11.6 Å². The lowest BCUT2D eigenvalue weighted by molar-refractivity contribution is -0.136. The smallest absolute Gasteiger partial charge is 0.331 e. The largest absolute Gasteiger partial charge is 0.454 e. The number of halogens is 2. The fraction of sp³-hybridized carbons (Fsp3) is 0.0952. The second-order valence-corrected chi connectivity index (χ2v) is 5.95. The predicted molar refractivity (Wildman–Crippen MR) is 98.5 cm³/mol. The lowest BCUT2D eigenvalue weighted by atomic mass is 10.1. The Bertz CT molecular complexity index is 1010. The maximum absolute atomic E-state index is 13.5. The minimum atomic E-state index is -0.871. The summed E-state index contributed by atoms with van der Waals surface area (Å²) in [5.74, 6) is -3.22. The van der Waals surface area contributed by atoms with Gasteiger partial charge in [-0.2, -0.15) is 5.10 Å². The van der Waals surface area contributed by atoms with Crippen molar-refractivity contribution in [2.24, 2.45) is 0 Å². The summed E-state index contributed by atoms with van der Waals surface area (Å²) in [6.07, 6.45) is 5.97. The van der Waals surface area contributed by atoms with E-state index in [1.54, 1.807) is 17.1 Å². The van der Waals surface area contributed by atoms with Gasteiger partial charge in [0.1, 0.15) is 11.6 Å². The molecule has 7 heteroatoms. The van der Waals surface area contributed by atoms with Crippen molar-refractivity contribution in [1.29, 1.82) is 0 Å². The molecule has 3 rings (SSSR count). The van der Waals surface area contributed by atoms with Crippen LogP contribution in [0.1, 0.15) is 21.5 Å². The number of ketones is 1. The maximum Gasteiger partial charge on any atom is 0.331 e. The van der Waals surface area contributed by atoms with Gasteiger partial charge in [0.2, 0.25) is 5.78 Å². The molecule has 28 heavy (non-hydrogen) atoms. The van der Waals surface area contributed by atoms with E-state index in [4.69, 9.17) is 4.74 Å². The molecule has 0 aliphatic heterocycles. The third-order valence-electron chi connectivity index (χ3n) is 3.83. The molecule has 1 heterocycles. The zero-order valence-corrected chi connectivity index (χ0v) is 14.7. The summed E-state index contributed by atoms with van der Waals surface area (Å²) in [5, 5.41) is 4.20. The number of nitrogens with zero attached hydrogens (tertiary/aromatic N) is 2. The molecule has 142 valence electrons. The lowest BCUT2D eigenvalue weighted by Crippen LogP contribution is -2.14. The molecule has 0 unspecified atom stereocenters. The quantitative estimate of drug-likeness (QED) is 0.356. The van der Waals surface area contributed by atoms with Crippen LogP contribution < -0.4 is 0 Å². The van der Waals surface area contributed by atoms with E-state index in [0.29, 0.717) is 12.1 Å². The number of esters is 1. The van der Waals surface area contributed by atoms with Crippen molar-refractivity contribution in [2.75, 3.05) is 6.61 Å². The second kappa shape index (κ2) is 8.85. The highest BCUT2D eigenvalue weighted by Gasteiger charge is 2.14. The first-order valence-electron chi connectivity index (χ1n) is 8.41. The van der Waals surface area contributed by atoms with Crippen LogP contribution >= 0.6 is 0 Å². The van der Waals surface area contributed by atoms with Gasteiger partial charge in [0.25, 0.3) is 0 Å². The number of carbonyl (C=O) groups is 2. The molecule has 5 nitrogen and oxygen atoms in total. The summed E-state index contributed by atoms with van der Waals surface area (Å²) >= 11 is 0. The van der Waals surface area contributed by atoms with Crippen molar-refractivity contribution < 1.29 is 23.1 Å². The minimum Gasteiger partial charge on any atom is -0.454 e. The van der Waals surface area contributed by atoms with Gasteiger partial charge >= 0.3 is 5.97 Å². The fourth-order valence-corrected chi connectivity index (χ4v) is 2.46. The van der Waals surface area contributed by atoms with Crippen LogP contribution in [-0.4, -0.2) is 28.1 Å². The third kappa shape index (κ3) is 5.20. The highest BCUT2D eigenvalue weighted by Crippen LogP contribution is 2.11. The zero-order chi connectivity index (χ0) is 19.9. The Kier molecular flexibility index (Phi) is 6.06. The predicted octanol–water partition coefficient (Wildman–Crippen LogP) is 3.65. The number of benzene rings is 2. The highest BCUT2D eigenvalue weighted by atomic mass is 19.1. The Morgan fingerprint density at radius 2 is 1.89 bits per heavy atom. The van der Waals surface area contributed by atoms with Crippen molar-refractivity contribution in [3.05, 3.63) is 95.3 Å². The number of ether oxygens (including phenoxy) is 1. The van der Waals surface area contributed by atoms with Gasteiger partial charge in [-0.3, -0.25) is 9.48 Å². The van der Waals surface area contributed by atoms with Crippen LogP contribution in [0.5, 0.6) is 0 Å². The molecule has 0 spiro atoms. The lowest BCUT2D eigenvalue weighted by Gasteiger charge is -2.03. The van der Waals surface area contributed by atoms with Gasteiger partial charge in [0.05, 0.1) is 18.3 Å². The molecule has 0 saturated heterocycles. The molecule has 0 aliphatic carbocycles. The molecule has 0 saturated carbocycles. The van der Waals surface area contributed by atoms with Crippen molar-refractivity contribution in [1.82, 2.24) is 9.78 Å². The summed E-state index contributed by atoms with van der Waals surface area (Å²) in [6, 6.07) is 12.3. The molecular formula is C21H16F2N2O3. The summed E-state index contributed by atoms with van der Waals surface area (Å²) in [7, 11) is 0. The number of hydrogen-bond donors (Lipinski definition) is 0. The van der Waals surface area contributed by atoms with Gasteiger partial charge < -0.3 is 4.74 Å². The highest BCUT2D eigenvalue weighted by molar-refractivity contribution is 5.99. The monoisotopic (exact) mass is 382 g/mol. The van der Waals surface area contributed by atoms with E-state index in [2.05, 4.69) is 5.10 Å². The minimum absolute atomic E-state index is 0.459. The van der Waals surface area contributed by atoms with Gasteiger partial charge in [-0.25, -0.2) is 13.6 Å². The third-order valence-corrected chi connectivity index (χ3v) is 3.83. The molecule has 0 aliphatic rings. The van der Waals surface area contributed by atoms with Gasteiger partial charge in [0.15, 0.2) is 6.61 Å². The topological polar surface area (TPSA) is 61.2 Å². The van der Waals surface area contributed by atoms with Gasteiger partial charge in [0, 0.05) is 17.8 Å². The molecule has 1 aromatic heterocycles. The Balaban J connectivity index is 1.53. The maximum atomic E-state index is 13.5. The number of hydrogen-bond acceptors (Lipinski definition) is 4. The standard InChI is InChI=1S/C21H16F2N2O3/c22-17-7-8-19(23)18(10-17)20(26)14-28-21(27)9-6-16-11-24-25(13-16)12-15-4-2-1-3-5-15/h1-11,13H,12,14H2/b9-6+. The number of Topliss-reactive ketones (excluding diaryl/α,β-unsaturated/α-hetero) is 1. The van der Waals surface area contributed by atoms with Crippen LogP contribution in [0.25, 0.3) is 6.08 Å². The Morgan fingerprint density at radius 1 is 1.11 bits per heavy atom. The number of carbonyl (C=O) groups excluding carboxylic acids is 2. The second-order valence-electron chi connectivity index (χ2n) is 5.95. The first kappa shape index (κ1) is 19.2. The first-order valence-corrected chi connectivity index (χ1v) is 8.41. The van der Waals surface area contributed by atoms with Crippen molar-refractivity contribution in [2.45, 2.75) is 6.54 Å². The van der Waals surface area contributed by atoms with Gasteiger partial charge in [-0.15, -0.1) is 0 Å². The van der Waals surface area contributed by atoms with Crippen LogP contribution in [0.3, 0.4) is 0 Å². The van der Waals surface area contributed by atoms with Crippen LogP contribution in [0.4, 0.5) is 8.78 Å². The molecular weight excluding hydrogens is 366 g/mol. The Morgan fingerprint density at radius 3 is 2.68 bits per heavy atom. The van der Waals surface area contributed by atoms with E-state index < -0.39 is 35.6 Å². The van der Waals surface area contributed by atoms with Crippen LogP contribution in [0.2, 0.25) is 0 Å². The molecule has 0 atom stereocenters. The van der Waals surface area contributed by atoms with Gasteiger partial charge in [-0.1, -0.05) is 30.3 Å². The van der Waals surface area contributed by atoms with E-state index in [9.17, 15) is 18.4 Å². The number of rotatable bonds is 7. The summed E-state index contributed by atoms with van der Waals surface area (Å²) in [4.78, 5) is 23.6. The van der Waals surface area contributed by atoms with Crippen molar-refractivity contribution >= 4 is 17.8 Å². The van der Waals surface area contributed by atoms with E-state index in [0.717, 1.165) is 29.8 Å². The molecule has 0 bridgehead atoms. The molecule has 0 amide bonds. The Labute approximate surface area is 159 Å². The van der Waals surface area contributed by atoms with E-state index in [1.807, 2.05) is 30.3 Å². The molecule has 2 aromatic carbocycles.